The van der Waals surface area contributed by atoms with Gasteiger partial charge in [0.25, 0.3) is 0 Å². The van der Waals surface area contributed by atoms with Gasteiger partial charge in [0.15, 0.2) is 5.82 Å². The Morgan fingerprint density at radius 1 is 1.45 bits per heavy atom. The summed E-state index contributed by atoms with van der Waals surface area (Å²) in [7, 11) is 1.42. The molecule has 0 N–H and O–H groups in total. The Morgan fingerprint density at radius 3 is 2.85 bits per heavy atom. The van der Waals surface area contributed by atoms with Crippen LogP contribution in [0.15, 0.2) is 4.52 Å². The minimum atomic E-state index is -0.217. The summed E-state index contributed by atoms with van der Waals surface area (Å²) in [4.78, 5) is 18.0. The standard InChI is InChI=1S/C14H23N3O3/c1-3-6-12-15-13(20-16-12)9-17(10-14(18)19-2)11-7-4-5-8-11/h11H,3-10H2,1-2H3. The number of hydrogen-bond donors (Lipinski definition) is 0. The van der Waals surface area contributed by atoms with Crippen molar-refractivity contribution in [3.05, 3.63) is 11.7 Å². The molecule has 0 saturated heterocycles. The third-order valence-corrected chi connectivity index (χ3v) is 3.72. The fourth-order valence-corrected chi connectivity index (χ4v) is 2.67. The van der Waals surface area contributed by atoms with E-state index in [1.807, 2.05) is 0 Å². The second-order valence-electron chi connectivity index (χ2n) is 5.27. The molecular formula is C14H23N3O3. The van der Waals surface area contributed by atoms with Gasteiger partial charge in [-0.3, -0.25) is 9.69 Å². The van der Waals surface area contributed by atoms with Gasteiger partial charge in [-0.2, -0.15) is 4.98 Å². The first kappa shape index (κ1) is 15.0. The summed E-state index contributed by atoms with van der Waals surface area (Å²) in [6.45, 7) is 2.89. The van der Waals surface area contributed by atoms with Crippen molar-refractivity contribution in [3.8, 4) is 0 Å². The van der Waals surface area contributed by atoms with Crippen molar-refractivity contribution < 1.29 is 14.1 Å². The van der Waals surface area contributed by atoms with E-state index in [1.54, 1.807) is 0 Å². The normalized spacial score (nSPS) is 15.9. The smallest absolute Gasteiger partial charge is 0.319 e. The Balaban J connectivity index is 1.99. The Morgan fingerprint density at radius 2 is 2.20 bits per heavy atom. The number of nitrogens with zero attached hydrogens (tertiary/aromatic N) is 3. The van der Waals surface area contributed by atoms with Crippen LogP contribution in [0.4, 0.5) is 0 Å². The van der Waals surface area contributed by atoms with Crippen LogP contribution in [-0.4, -0.2) is 40.7 Å². The molecule has 0 amide bonds. The average Bonchev–Trinajstić information content (AvgIpc) is 3.09. The van der Waals surface area contributed by atoms with Crippen LogP contribution in [0.25, 0.3) is 0 Å². The van der Waals surface area contributed by atoms with Gasteiger partial charge in [0.2, 0.25) is 5.89 Å². The minimum absolute atomic E-state index is 0.217. The molecule has 1 saturated carbocycles. The van der Waals surface area contributed by atoms with Gasteiger partial charge < -0.3 is 9.26 Å². The first-order chi connectivity index (χ1) is 9.72. The number of aryl methyl sites for hydroxylation is 1. The summed E-state index contributed by atoms with van der Waals surface area (Å²) >= 11 is 0. The molecule has 1 aliphatic rings. The van der Waals surface area contributed by atoms with Gasteiger partial charge in [0, 0.05) is 12.5 Å². The second kappa shape index (κ2) is 7.38. The second-order valence-corrected chi connectivity index (χ2v) is 5.27. The lowest BCUT2D eigenvalue weighted by Gasteiger charge is -2.25. The molecular weight excluding hydrogens is 258 g/mol. The molecule has 0 spiro atoms. The maximum atomic E-state index is 11.5. The van der Waals surface area contributed by atoms with Crippen molar-refractivity contribution in [2.45, 2.75) is 58.0 Å². The van der Waals surface area contributed by atoms with Crippen LogP contribution in [-0.2, 0) is 22.5 Å². The van der Waals surface area contributed by atoms with Crippen LogP contribution in [0.5, 0.6) is 0 Å². The first-order valence-corrected chi connectivity index (χ1v) is 7.35. The Hall–Kier alpha value is -1.43. The Kier molecular flexibility index (Phi) is 5.52. The molecule has 6 heteroatoms. The van der Waals surface area contributed by atoms with Gasteiger partial charge in [-0.25, -0.2) is 0 Å². The number of rotatable bonds is 7. The molecule has 1 aromatic rings. The molecule has 112 valence electrons. The van der Waals surface area contributed by atoms with Gasteiger partial charge >= 0.3 is 5.97 Å². The van der Waals surface area contributed by atoms with E-state index in [9.17, 15) is 4.79 Å². The SMILES string of the molecule is CCCc1noc(CN(CC(=O)OC)C2CCCC2)n1. The van der Waals surface area contributed by atoms with Gasteiger partial charge in [-0.05, 0) is 19.3 Å². The van der Waals surface area contributed by atoms with Crippen LogP contribution in [0.3, 0.4) is 0 Å². The highest BCUT2D eigenvalue weighted by atomic mass is 16.5. The average molecular weight is 281 g/mol. The Bertz CT molecular complexity index is 427. The number of carbonyl (C=O) groups excluding carboxylic acids is 1. The third kappa shape index (κ3) is 4.03. The predicted octanol–water partition coefficient (Wildman–Crippen LogP) is 1.94. The molecule has 0 bridgehead atoms. The minimum Gasteiger partial charge on any atom is -0.468 e. The molecule has 1 fully saturated rings. The highest BCUT2D eigenvalue weighted by Gasteiger charge is 2.26. The highest BCUT2D eigenvalue weighted by Crippen LogP contribution is 2.24. The maximum Gasteiger partial charge on any atom is 0.319 e. The van der Waals surface area contributed by atoms with E-state index in [0.29, 0.717) is 18.5 Å². The van der Waals surface area contributed by atoms with E-state index < -0.39 is 0 Å². The molecule has 1 aromatic heterocycles. The van der Waals surface area contributed by atoms with E-state index in [1.165, 1.54) is 20.0 Å². The lowest BCUT2D eigenvalue weighted by Crippen LogP contribution is -2.37. The van der Waals surface area contributed by atoms with Crippen molar-refractivity contribution in [2.24, 2.45) is 0 Å². The fourth-order valence-electron chi connectivity index (χ4n) is 2.67. The zero-order chi connectivity index (χ0) is 14.4. The first-order valence-electron chi connectivity index (χ1n) is 7.35. The molecule has 20 heavy (non-hydrogen) atoms. The van der Waals surface area contributed by atoms with E-state index in [0.717, 1.165) is 31.5 Å². The molecule has 2 rings (SSSR count). The zero-order valence-electron chi connectivity index (χ0n) is 12.3. The molecule has 0 unspecified atom stereocenters. The number of aromatic nitrogens is 2. The lowest BCUT2D eigenvalue weighted by atomic mass is 10.2. The summed E-state index contributed by atoms with van der Waals surface area (Å²) in [5, 5.41) is 3.96. The van der Waals surface area contributed by atoms with E-state index in [2.05, 4.69) is 22.0 Å². The van der Waals surface area contributed by atoms with Gasteiger partial charge in [-0.1, -0.05) is 24.9 Å². The summed E-state index contributed by atoms with van der Waals surface area (Å²) in [6.07, 6.45) is 6.48. The topological polar surface area (TPSA) is 68.5 Å². The molecule has 0 aromatic carbocycles. The predicted molar refractivity (Wildman–Crippen MR) is 73.0 cm³/mol. The summed E-state index contributed by atoms with van der Waals surface area (Å²) < 4.78 is 10.0. The van der Waals surface area contributed by atoms with Gasteiger partial charge in [0.05, 0.1) is 20.2 Å². The van der Waals surface area contributed by atoms with E-state index in [-0.39, 0.29) is 12.5 Å². The van der Waals surface area contributed by atoms with Crippen molar-refractivity contribution in [1.29, 1.82) is 0 Å². The van der Waals surface area contributed by atoms with Crippen molar-refractivity contribution in [3.63, 3.8) is 0 Å². The molecule has 1 aliphatic carbocycles. The Labute approximate surface area is 119 Å². The lowest BCUT2D eigenvalue weighted by molar-refractivity contribution is -0.142. The number of esters is 1. The highest BCUT2D eigenvalue weighted by molar-refractivity contribution is 5.71. The number of hydrogen-bond acceptors (Lipinski definition) is 6. The van der Waals surface area contributed by atoms with Gasteiger partial charge in [0.1, 0.15) is 0 Å². The van der Waals surface area contributed by atoms with Crippen LogP contribution in [0, 0.1) is 0 Å². The summed E-state index contributed by atoms with van der Waals surface area (Å²) in [6, 6.07) is 0.413. The quantitative estimate of drug-likeness (QED) is 0.711. The van der Waals surface area contributed by atoms with Gasteiger partial charge in [-0.15, -0.1) is 0 Å². The zero-order valence-corrected chi connectivity index (χ0v) is 12.3. The number of methoxy groups -OCH3 is 1. The maximum absolute atomic E-state index is 11.5. The van der Waals surface area contributed by atoms with E-state index in [4.69, 9.17) is 9.26 Å². The van der Waals surface area contributed by atoms with Crippen molar-refractivity contribution in [2.75, 3.05) is 13.7 Å². The molecule has 6 nitrogen and oxygen atoms in total. The van der Waals surface area contributed by atoms with Crippen molar-refractivity contribution in [1.82, 2.24) is 15.0 Å². The summed E-state index contributed by atoms with van der Waals surface area (Å²) in [5.41, 5.74) is 0. The summed E-state index contributed by atoms with van der Waals surface area (Å²) in [5.74, 6) is 1.11. The monoisotopic (exact) mass is 281 g/mol. The van der Waals surface area contributed by atoms with E-state index >= 15 is 0 Å². The molecule has 1 heterocycles. The largest absolute Gasteiger partial charge is 0.468 e. The number of carbonyl (C=O) groups is 1. The fraction of sp³-hybridized carbons (Fsp3) is 0.786. The number of ether oxygens (including phenoxy) is 1. The molecule has 0 atom stereocenters. The molecule has 0 radical (unpaired) electrons. The van der Waals surface area contributed by atoms with Crippen LogP contribution >= 0.6 is 0 Å². The van der Waals surface area contributed by atoms with Crippen LogP contribution in [0.1, 0.15) is 50.7 Å². The third-order valence-electron chi connectivity index (χ3n) is 3.72. The van der Waals surface area contributed by atoms with Crippen LogP contribution in [0.2, 0.25) is 0 Å². The van der Waals surface area contributed by atoms with Crippen LogP contribution < -0.4 is 0 Å². The molecule has 0 aliphatic heterocycles. The van der Waals surface area contributed by atoms with Crippen molar-refractivity contribution >= 4 is 5.97 Å².